The van der Waals surface area contributed by atoms with Crippen molar-refractivity contribution in [2.75, 3.05) is 20.8 Å². The van der Waals surface area contributed by atoms with Gasteiger partial charge < -0.3 is 24.1 Å². The van der Waals surface area contributed by atoms with Crippen molar-refractivity contribution >= 4 is 6.09 Å². The van der Waals surface area contributed by atoms with Crippen molar-refractivity contribution in [2.45, 2.75) is 56.0 Å². The van der Waals surface area contributed by atoms with Gasteiger partial charge in [0.05, 0.1) is 18.2 Å². The second-order valence-electron chi connectivity index (χ2n) is 6.80. The number of methoxy groups -OCH3 is 2. The van der Waals surface area contributed by atoms with E-state index in [0.717, 1.165) is 12.8 Å². The zero-order valence-electron chi connectivity index (χ0n) is 14.1. The van der Waals surface area contributed by atoms with Gasteiger partial charge in [0.25, 0.3) is 0 Å². The van der Waals surface area contributed by atoms with Crippen LogP contribution in [0.15, 0.2) is 12.7 Å². The van der Waals surface area contributed by atoms with Gasteiger partial charge in [-0.2, -0.15) is 0 Å². The number of piperidine rings is 1. The molecule has 7 nitrogen and oxygen atoms in total. The highest BCUT2D eigenvalue weighted by Crippen LogP contribution is 2.56. The molecule has 3 fully saturated rings. The predicted octanol–water partition coefficient (Wildman–Crippen LogP) is 1.82. The minimum absolute atomic E-state index is 0.145. The Hall–Kier alpha value is -1.15. The van der Waals surface area contributed by atoms with Crippen LogP contribution in [0.4, 0.5) is 4.79 Å². The van der Waals surface area contributed by atoms with Gasteiger partial charge in [0, 0.05) is 20.1 Å². The number of nitrogens with zero attached hydrogens (tertiary/aromatic N) is 1. The van der Waals surface area contributed by atoms with E-state index in [1.165, 1.54) is 12.0 Å². The second-order valence-corrected chi connectivity index (χ2v) is 6.80. The molecule has 1 amide bonds. The number of fused-ring (bicyclic) bond motifs is 1. The number of rotatable bonds is 3. The van der Waals surface area contributed by atoms with Crippen molar-refractivity contribution in [1.29, 1.82) is 0 Å². The van der Waals surface area contributed by atoms with Gasteiger partial charge in [0.2, 0.25) is 11.6 Å². The molecule has 0 aromatic rings. The van der Waals surface area contributed by atoms with Crippen molar-refractivity contribution < 1.29 is 28.8 Å². The second kappa shape index (κ2) is 5.17. The van der Waals surface area contributed by atoms with E-state index in [4.69, 9.17) is 18.9 Å². The van der Waals surface area contributed by atoms with E-state index in [-0.39, 0.29) is 18.6 Å². The van der Waals surface area contributed by atoms with Gasteiger partial charge in [0.1, 0.15) is 6.10 Å². The molecule has 3 aliphatic rings. The maximum Gasteiger partial charge on any atom is 0.407 e. The molecule has 0 aromatic heterocycles. The molecule has 2 aliphatic heterocycles. The third kappa shape index (κ3) is 2.14. The average molecular weight is 327 g/mol. The van der Waals surface area contributed by atoms with Crippen LogP contribution in [0, 0.1) is 5.92 Å². The summed E-state index contributed by atoms with van der Waals surface area (Å²) < 4.78 is 23.5. The van der Waals surface area contributed by atoms with Crippen molar-refractivity contribution in [3.8, 4) is 0 Å². The first-order valence-electron chi connectivity index (χ1n) is 7.86. The van der Waals surface area contributed by atoms with E-state index < -0.39 is 29.3 Å². The van der Waals surface area contributed by atoms with Crippen LogP contribution < -0.4 is 0 Å². The highest BCUT2D eigenvalue weighted by molar-refractivity contribution is 5.67. The Kier molecular flexibility index (Phi) is 3.76. The van der Waals surface area contributed by atoms with Crippen LogP contribution in [0.5, 0.6) is 0 Å². The predicted molar refractivity (Wildman–Crippen MR) is 81.0 cm³/mol. The summed E-state index contributed by atoms with van der Waals surface area (Å²) in [6.45, 7) is 7.67. The molecule has 3 rings (SSSR count). The number of amides is 1. The molecule has 5 atom stereocenters. The fraction of sp³-hybridized carbons (Fsp3) is 0.812. The average Bonchev–Trinajstić information content (AvgIpc) is 3.29. The van der Waals surface area contributed by atoms with Crippen LogP contribution in [0.25, 0.3) is 0 Å². The van der Waals surface area contributed by atoms with Crippen molar-refractivity contribution in [3.05, 3.63) is 12.7 Å². The maximum atomic E-state index is 11.7. The third-order valence-electron chi connectivity index (χ3n) is 5.83. The number of likely N-dealkylation sites (tertiary alicyclic amines) is 1. The van der Waals surface area contributed by atoms with Crippen LogP contribution in [-0.4, -0.2) is 66.2 Å². The SMILES string of the molecule is C=CC1C2OC(C)(OC)C(C)(OC)OC2CN(C(=O)O)C12CC2. The summed E-state index contributed by atoms with van der Waals surface area (Å²) in [5.41, 5.74) is -0.423. The molecule has 1 N–H and O–H groups in total. The van der Waals surface area contributed by atoms with E-state index in [0.29, 0.717) is 0 Å². The Bertz CT molecular complexity index is 521. The first kappa shape index (κ1) is 16.7. The zero-order chi connectivity index (χ0) is 17.0. The first-order valence-corrected chi connectivity index (χ1v) is 7.86. The molecule has 7 heteroatoms. The molecule has 0 aromatic carbocycles. The molecule has 23 heavy (non-hydrogen) atoms. The summed E-state index contributed by atoms with van der Waals surface area (Å²) in [6.07, 6.45) is 1.72. The smallest absolute Gasteiger partial charge is 0.407 e. The van der Waals surface area contributed by atoms with E-state index in [2.05, 4.69) is 6.58 Å². The molecule has 5 unspecified atom stereocenters. The largest absolute Gasteiger partial charge is 0.465 e. The van der Waals surface area contributed by atoms with Crippen LogP contribution in [0.1, 0.15) is 26.7 Å². The highest BCUT2D eigenvalue weighted by atomic mass is 16.8. The van der Waals surface area contributed by atoms with Gasteiger partial charge in [-0.15, -0.1) is 6.58 Å². The quantitative estimate of drug-likeness (QED) is 0.797. The summed E-state index contributed by atoms with van der Waals surface area (Å²) in [4.78, 5) is 13.2. The zero-order valence-corrected chi connectivity index (χ0v) is 14.1. The summed E-state index contributed by atoms with van der Waals surface area (Å²) in [7, 11) is 3.06. The van der Waals surface area contributed by atoms with Gasteiger partial charge >= 0.3 is 6.09 Å². The number of hydrogen-bond acceptors (Lipinski definition) is 5. The molecule has 0 radical (unpaired) electrons. The lowest BCUT2D eigenvalue weighted by atomic mass is 9.81. The van der Waals surface area contributed by atoms with Gasteiger partial charge in [-0.05, 0) is 26.7 Å². The number of hydrogen-bond donors (Lipinski definition) is 1. The highest BCUT2D eigenvalue weighted by Gasteiger charge is 2.67. The molecular weight excluding hydrogens is 302 g/mol. The van der Waals surface area contributed by atoms with Crippen LogP contribution in [0.3, 0.4) is 0 Å². The van der Waals surface area contributed by atoms with Gasteiger partial charge in [-0.25, -0.2) is 4.79 Å². The number of ether oxygens (including phenoxy) is 4. The van der Waals surface area contributed by atoms with Gasteiger partial charge in [0.15, 0.2) is 0 Å². The minimum Gasteiger partial charge on any atom is -0.465 e. The van der Waals surface area contributed by atoms with Gasteiger partial charge in [-0.3, -0.25) is 4.90 Å². The van der Waals surface area contributed by atoms with Crippen LogP contribution in [0.2, 0.25) is 0 Å². The molecule has 2 heterocycles. The summed E-state index contributed by atoms with van der Waals surface area (Å²) in [6, 6.07) is 0. The van der Waals surface area contributed by atoms with Crippen molar-refractivity contribution in [3.63, 3.8) is 0 Å². The van der Waals surface area contributed by atoms with Gasteiger partial charge in [-0.1, -0.05) is 6.08 Å². The van der Waals surface area contributed by atoms with Crippen molar-refractivity contribution in [1.82, 2.24) is 4.90 Å². The van der Waals surface area contributed by atoms with Crippen LogP contribution >= 0.6 is 0 Å². The molecular formula is C16H25NO6. The van der Waals surface area contributed by atoms with E-state index in [9.17, 15) is 9.90 Å². The minimum atomic E-state index is -1.13. The Morgan fingerprint density at radius 2 is 1.83 bits per heavy atom. The Labute approximate surface area is 136 Å². The molecule has 1 saturated carbocycles. The molecule has 2 saturated heterocycles. The molecule has 130 valence electrons. The number of carbonyl (C=O) groups is 1. The van der Waals surface area contributed by atoms with Crippen molar-refractivity contribution in [2.24, 2.45) is 5.92 Å². The first-order chi connectivity index (χ1) is 10.8. The lowest BCUT2D eigenvalue weighted by Crippen LogP contribution is -2.72. The van der Waals surface area contributed by atoms with Crippen LogP contribution in [-0.2, 0) is 18.9 Å². The lowest BCUT2D eigenvalue weighted by molar-refractivity contribution is -0.456. The van der Waals surface area contributed by atoms with E-state index >= 15 is 0 Å². The maximum absolute atomic E-state index is 11.7. The molecule has 1 spiro atoms. The Morgan fingerprint density at radius 1 is 1.26 bits per heavy atom. The fourth-order valence-corrected chi connectivity index (χ4v) is 4.02. The Morgan fingerprint density at radius 3 is 2.26 bits per heavy atom. The number of carboxylic acid groups (broad SMARTS) is 1. The standard InChI is InChI=1S/C16H25NO6/c1-6-10-12-11(9-17(13(18)19)16(10)7-8-16)22-14(2,20-4)15(3,21-5)23-12/h6,10-12H,1,7-9H2,2-5H3,(H,18,19). The Balaban J connectivity index is 1.97. The monoisotopic (exact) mass is 327 g/mol. The normalized spacial score (nSPS) is 44.7. The summed E-state index contributed by atoms with van der Waals surface area (Å²) >= 11 is 0. The van der Waals surface area contributed by atoms with E-state index in [1.54, 1.807) is 27.0 Å². The molecule has 1 aliphatic carbocycles. The summed E-state index contributed by atoms with van der Waals surface area (Å²) in [5, 5.41) is 9.59. The topological polar surface area (TPSA) is 77.5 Å². The van der Waals surface area contributed by atoms with E-state index in [1.807, 2.05) is 0 Å². The lowest BCUT2D eigenvalue weighted by Gasteiger charge is -2.57. The fourth-order valence-electron chi connectivity index (χ4n) is 4.02. The summed E-state index contributed by atoms with van der Waals surface area (Å²) in [5.74, 6) is -2.37. The molecule has 0 bridgehead atoms. The third-order valence-corrected chi connectivity index (χ3v) is 5.83.